The second-order valence-electron chi connectivity index (χ2n) is 5.10. The zero-order chi connectivity index (χ0) is 17.1. The van der Waals surface area contributed by atoms with Crippen molar-refractivity contribution in [3.8, 4) is 0 Å². The Bertz CT molecular complexity index is 664. The van der Waals surface area contributed by atoms with E-state index in [1.165, 1.54) is 4.90 Å². The summed E-state index contributed by atoms with van der Waals surface area (Å²) in [6.45, 7) is 0.136. The van der Waals surface area contributed by atoms with Gasteiger partial charge in [0.25, 0.3) is 0 Å². The van der Waals surface area contributed by atoms with Gasteiger partial charge in [-0.05, 0) is 28.1 Å². The number of carbonyl (C=O) groups excluding carboxylic acids is 4. The molecule has 2 rings (SSSR count). The van der Waals surface area contributed by atoms with Crippen LogP contribution in [0.15, 0.2) is 28.7 Å². The van der Waals surface area contributed by atoms with E-state index in [0.717, 1.165) is 4.47 Å². The first-order valence-electron chi connectivity index (χ1n) is 6.75. The second kappa shape index (κ2) is 6.78. The van der Waals surface area contributed by atoms with Crippen molar-refractivity contribution >= 4 is 45.2 Å². The summed E-state index contributed by atoms with van der Waals surface area (Å²) in [5.41, 5.74) is 10.7. The van der Waals surface area contributed by atoms with Crippen LogP contribution in [0, 0.1) is 5.92 Å². The predicted molar refractivity (Wildman–Crippen MR) is 84.9 cm³/mol. The van der Waals surface area contributed by atoms with E-state index in [2.05, 4.69) is 21.2 Å². The lowest BCUT2D eigenvalue weighted by atomic mass is 10.1. The number of hydrogen-bond acceptors (Lipinski definition) is 4. The molecule has 1 unspecified atom stereocenters. The number of carbonyl (C=O) groups is 4. The van der Waals surface area contributed by atoms with Gasteiger partial charge < -0.3 is 21.7 Å². The van der Waals surface area contributed by atoms with Gasteiger partial charge in [-0.3, -0.25) is 19.2 Å². The van der Waals surface area contributed by atoms with Crippen LogP contribution in [0.1, 0.15) is 6.42 Å². The van der Waals surface area contributed by atoms with Crippen molar-refractivity contribution in [3.63, 3.8) is 0 Å². The normalized spacial score (nSPS) is 17.4. The standard InChI is InChI=1S/C14H15BrN4O4/c15-8-3-1-2-4-9(8)19-6-7(5-10(19)20)14(23)18-11(12(16)21)13(17)22/h1-4,7,11H,5-6H2,(H2,16,21)(H2,17,22)(H,18,23). The van der Waals surface area contributed by atoms with Crippen LogP contribution in [0.2, 0.25) is 0 Å². The van der Waals surface area contributed by atoms with Crippen molar-refractivity contribution in [1.29, 1.82) is 0 Å². The summed E-state index contributed by atoms with van der Waals surface area (Å²) in [6, 6.07) is 5.53. The molecule has 122 valence electrons. The third-order valence-corrected chi connectivity index (χ3v) is 4.17. The number of amides is 4. The molecule has 1 aromatic rings. The molecule has 5 N–H and O–H groups in total. The molecule has 1 heterocycles. The van der Waals surface area contributed by atoms with E-state index in [9.17, 15) is 19.2 Å². The monoisotopic (exact) mass is 382 g/mol. The number of rotatable bonds is 5. The van der Waals surface area contributed by atoms with Crippen LogP contribution in [0.5, 0.6) is 0 Å². The van der Waals surface area contributed by atoms with E-state index >= 15 is 0 Å². The topological polar surface area (TPSA) is 136 Å². The van der Waals surface area contributed by atoms with Crippen LogP contribution in [0.25, 0.3) is 0 Å². The van der Waals surface area contributed by atoms with Gasteiger partial charge in [0.05, 0.1) is 11.6 Å². The van der Waals surface area contributed by atoms with E-state index in [4.69, 9.17) is 11.5 Å². The molecule has 9 heteroatoms. The molecule has 1 atom stereocenters. The summed E-state index contributed by atoms with van der Waals surface area (Å²) in [7, 11) is 0. The van der Waals surface area contributed by atoms with Gasteiger partial charge in [0.2, 0.25) is 23.6 Å². The van der Waals surface area contributed by atoms with Crippen molar-refractivity contribution in [2.75, 3.05) is 11.4 Å². The molecule has 0 saturated carbocycles. The molecule has 0 spiro atoms. The molecule has 1 fully saturated rings. The van der Waals surface area contributed by atoms with Crippen LogP contribution >= 0.6 is 15.9 Å². The minimum absolute atomic E-state index is 0.0303. The van der Waals surface area contributed by atoms with Crippen LogP contribution in [-0.2, 0) is 19.2 Å². The van der Waals surface area contributed by atoms with Gasteiger partial charge in [0.1, 0.15) is 0 Å². The average Bonchev–Trinajstić information content (AvgIpc) is 2.86. The van der Waals surface area contributed by atoms with Crippen LogP contribution in [0.3, 0.4) is 0 Å². The highest BCUT2D eigenvalue weighted by molar-refractivity contribution is 9.10. The molecular weight excluding hydrogens is 368 g/mol. The molecule has 8 nitrogen and oxygen atoms in total. The number of halogens is 1. The maximum atomic E-state index is 12.2. The highest BCUT2D eigenvalue weighted by Gasteiger charge is 2.37. The molecule has 4 amide bonds. The molecule has 23 heavy (non-hydrogen) atoms. The number of nitrogens with one attached hydrogen (secondary N) is 1. The first-order chi connectivity index (χ1) is 10.8. The van der Waals surface area contributed by atoms with Crippen molar-refractivity contribution in [3.05, 3.63) is 28.7 Å². The van der Waals surface area contributed by atoms with E-state index in [-0.39, 0.29) is 18.9 Å². The highest BCUT2D eigenvalue weighted by Crippen LogP contribution is 2.31. The van der Waals surface area contributed by atoms with Gasteiger partial charge in [-0.25, -0.2) is 0 Å². The fraction of sp³-hybridized carbons (Fsp3) is 0.286. The van der Waals surface area contributed by atoms with E-state index in [0.29, 0.717) is 5.69 Å². The number of para-hydroxylation sites is 1. The lowest BCUT2D eigenvalue weighted by molar-refractivity contribution is -0.135. The number of hydrogen-bond donors (Lipinski definition) is 3. The Kier molecular flexibility index (Phi) is 4.99. The van der Waals surface area contributed by atoms with Gasteiger partial charge in [-0.15, -0.1) is 0 Å². The van der Waals surface area contributed by atoms with Crippen LogP contribution in [-0.4, -0.2) is 36.2 Å². The summed E-state index contributed by atoms with van der Waals surface area (Å²) >= 11 is 3.35. The summed E-state index contributed by atoms with van der Waals surface area (Å²) in [5.74, 6) is -3.63. The van der Waals surface area contributed by atoms with Gasteiger partial charge >= 0.3 is 0 Å². The first kappa shape index (κ1) is 16.9. The van der Waals surface area contributed by atoms with Crippen molar-refractivity contribution in [1.82, 2.24) is 5.32 Å². The lowest BCUT2D eigenvalue weighted by Gasteiger charge is -2.19. The molecule has 1 aliphatic rings. The number of nitrogens with zero attached hydrogens (tertiary/aromatic N) is 1. The first-order valence-corrected chi connectivity index (χ1v) is 7.54. The van der Waals surface area contributed by atoms with E-state index < -0.39 is 29.7 Å². The molecule has 0 aromatic heterocycles. The Balaban J connectivity index is 2.10. The fourth-order valence-corrected chi connectivity index (χ4v) is 2.83. The lowest BCUT2D eigenvalue weighted by Crippen LogP contribution is -2.54. The Morgan fingerprint density at radius 1 is 1.22 bits per heavy atom. The minimum atomic E-state index is -1.59. The summed E-state index contributed by atoms with van der Waals surface area (Å²) in [5, 5.41) is 2.19. The number of nitrogens with two attached hydrogens (primary N) is 2. The van der Waals surface area contributed by atoms with E-state index in [1.54, 1.807) is 18.2 Å². The van der Waals surface area contributed by atoms with Crippen molar-refractivity contribution in [2.45, 2.75) is 12.5 Å². The zero-order valence-electron chi connectivity index (χ0n) is 12.0. The number of anilines is 1. The molecular formula is C14H15BrN4O4. The summed E-state index contributed by atoms with van der Waals surface area (Å²) in [6.07, 6.45) is -0.0303. The molecule has 0 bridgehead atoms. The average molecular weight is 383 g/mol. The molecule has 0 radical (unpaired) electrons. The van der Waals surface area contributed by atoms with Gasteiger partial charge in [0.15, 0.2) is 6.04 Å². The molecule has 0 aliphatic carbocycles. The summed E-state index contributed by atoms with van der Waals surface area (Å²) in [4.78, 5) is 48.0. The van der Waals surface area contributed by atoms with Crippen LogP contribution in [0.4, 0.5) is 5.69 Å². The van der Waals surface area contributed by atoms with Gasteiger partial charge in [-0.1, -0.05) is 12.1 Å². The smallest absolute Gasteiger partial charge is 0.249 e. The SMILES string of the molecule is NC(=O)C(NC(=O)C1CC(=O)N(c2ccccc2Br)C1)C(N)=O. The van der Waals surface area contributed by atoms with Crippen molar-refractivity contribution < 1.29 is 19.2 Å². The number of benzene rings is 1. The largest absolute Gasteiger partial charge is 0.367 e. The fourth-order valence-electron chi connectivity index (χ4n) is 2.33. The summed E-state index contributed by atoms with van der Waals surface area (Å²) < 4.78 is 0.724. The minimum Gasteiger partial charge on any atom is -0.367 e. The Morgan fingerprint density at radius 3 is 2.39 bits per heavy atom. The third kappa shape index (κ3) is 3.67. The van der Waals surface area contributed by atoms with Crippen molar-refractivity contribution in [2.24, 2.45) is 17.4 Å². The van der Waals surface area contributed by atoms with Crippen LogP contribution < -0.4 is 21.7 Å². The zero-order valence-corrected chi connectivity index (χ0v) is 13.6. The van der Waals surface area contributed by atoms with E-state index in [1.807, 2.05) is 6.07 Å². The Morgan fingerprint density at radius 2 is 1.83 bits per heavy atom. The highest BCUT2D eigenvalue weighted by atomic mass is 79.9. The Hall–Kier alpha value is -2.42. The molecule has 1 saturated heterocycles. The maximum Gasteiger partial charge on any atom is 0.249 e. The third-order valence-electron chi connectivity index (χ3n) is 3.49. The number of primary amides is 2. The predicted octanol–water partition coefficient (Wildman–Crippen LogP) is -0.743. The van der Waals surface area contributed by atoms with Gasteiger partial charge in [0, 0.05) is 17.4 Å². The second-order valence-corrected chi connectivity index (χ2v) is 5.96. The Labute approximate surface area is 140 Å². The molecule has 1 aliphatic heterocycles. The maximum absolute atomic E-state index is 12.2. The quantitative estimate of drug-likeness (QED) is 0.577. The molecule has 1 aromatic carbocycles. The van der Waals surface area contributed by atoms with Gasteiger partial charge in [-0.2, -0.15) is 0 Å².